The van der Waals surface area contributed by atoms with Gasteiger partial charge in [-0.3, -0.25) is 0 Å². The van der Waals surface area contributed by atoms with E-state index in [2.05, 4.69) is 12.1 Å². The Hall–Kier alpha value is -1.58. The summed E-state index contributed by atoms with van der Waals surface area (Å²) in [6.07, 6.45) is -0.425. The molecule has 17 heavy (non-hydrogen) atoms. The van der Waals surface area contributed by atoms with Gasteiger partial charge < -0.3 is 15.2 Å². The Kier molecular flexibility index (Phi) is 3.96. The molecule has 0 aliphatic heterocycles. The first-order chi connectivity index (χ1) is 8.29. The third kappa shape index (κ3) is 3.19. The smallest absolute Gasteiger partial charge is 0.137 e. The lowest BCUT2D eigenvalue weighted by molar-refractivity contribution is -0.633. The van der Waals surface area contributed by atoms with Crippen LogP contribution in [0.15, 0.2) is 42.5 Å². The average molecular weight is 232 g/mol. The number of hydrogen-bond acceptors (Lipinski definition) is 2. The summed E-state index contributed by atoms with van der Waals surface area (Å²) in [5, 5.41) is 13.9. The zero-order chi connectivity index (χ0) is 12.1. The van der Waals surface area contributed by atoms with Gasteiger partial charge >= 0.3 is 0 Å². The van der Waals surface area contributed by atoms with Crippen LogP contribution in [0.1, 0.15) is 0 Å². The zero-order valence-electron chi connectivity index (χ0n) is 9.97. The van der Waals surface area contributed by atoms with E-state index in [0.29, 0.717) is 13.2 Å². The first-order valence-electron chi connectivity index (χ1n) is 5.87. The van der Waals surface area contributed by atoms with Crippen molar-refractivity contribution in [2.45, 2.75) is 6.10 Å². The third-order valence-corrected chi connectivity index (χ3v) is 2.67. The van der Waals surface area contributed by atoms with Crippen LogP contribution < -0.4 is 10.1 Å². The van der Waals surface area contributed by atoms with Gasteiger partial charge in [0.05, 0.1) is 7.05 Å². The SMILES string of the molecule is C[NH2+]C[C@H](O)COc1ccc2ccccc2c1. The lowest BCUT2D eigenvalue weighted by atomic mass is 10.1. The van der Waals surface area contributed by atoms with E-state index < -0.39 is 6.10 Å². The van der Waals surface area contributed by atoms with E-state index in [1.54, 1.807) is 0 Å². The summed E-state index contributed by atoms with van der Waals surface area (Å²) < 4.78 is 5.56. The van der Waals surface area contributed by atoms with Crippen LogP contribution >= 0.6 is 0 Å². The lowest BCUT2D eigenvalue weighted by Gasteiger charge is -2.10. The van der Waals surface area contributed by atoms with Crippen LogP contribution in [0.2, 0.25) is 0 Å². The molecule has 0 aliphatic carbocycles. The molecule has 0 bridgehead atoms. The van der Waals surface area contributed by atoms with Crippen molar-refractivity contribution in [2.24, 2.45) is 0 Å². The Morgan fingerprint density at radius 1 is 1.18 bits per heavy atom. The Labute approximate surface area is 101 Å². The van der Waals surface area contributed by atoms with Gasteiger partial charge in [0.1, 0.15) is 25.0 Å². The first kappa shape index (κ1) is 11.9. The number of quaternary nitrogens is 1. The minimum atomic E-state index is -0.425. The van der Waals surface area contributed by atoms with E-state index >= 15 is 0 Å². The van der Waals surface area contributed by atoms with Gasteiger partial charge in [-0.05, 0) is 22.9 Å². The van der Waals surface area contributed by atoms with E-state index in [1.165, 1.54) is 5.39 Å². The summed E-state index contributed by atoms with van der Waals surface area (Å²) in [5.74, 6) is 0.804. The minimum absolute atomic E-state index is 0.336. The van der Waals surface area contributed by atoms with Crippen molar-refractivity contribution < 1.29 is 15.2 Å². The molecule has 2 rings (SSSR count). The molecule has 0 heterocycles. The number of aliphatic hydroxyl groups excluding tert-OH is 1. The van der Waals surface area contributed by atoms with Crippen LogP contribution in [0.25, 0.3) is 10.8 Å². The number of likely N-dealkylation sites (N-methyl/N-ethyl adjacent to an activating group) is 1. The highest BCUT2D eigenvalue weighted by molar-refractivity contribution is 5.83. The normalized spacial score (nSPS) is 12.6. The second-order valence-electron chi connectivity index (χ2n) is 4.12. The molecule has 0 radical (unpaired) electrons. The van der Waals surface area contributed by atoms with E-state index in [9.17, 15) is 5.11 Å². The summed E-state index contributed by atoms with van der Waals surface area (Å²) >= 11 is 0. The van der Waals surface area contributed by atoms with Crippen molar-refractivity contribution in [3.8, 4) is 5.75 Å². The molecule has 3 heteroatoms. The predicted octanol–water partition coefficient (Wildman–Crippen LogP) is 0.773. The van der Waals surface area contributed by atoms with Gasteiger partial charge in [-0.25, -0.2) is 0 Å². The molecule has 0 saturated carbocycles. The van der Waals surface area contributed by atoms with E-state index in [0.717, 1.165) is 11.1 Å². The van der Waals surface area contributed by atoms with E-state index in [1.807, 2.05) is 42.7 Å². The number of fused-ring (bicyclic) bond motifs is 1. The molecule has 0 amide bonds. The fraction of sp³-hybridized carbons (Fsp3) is 0.286. The maximum atomic E-state index is 9.57. The average Bonchev–Trinajstić information content (AvgIpc) is 2.36. The second kappa shape index (κ2) is 5.66. The number of hydrogen-bond donors (Lipinski definition) is 2. The summed E-state index contributed by atoms with van der Waals surface area (Å²) in [7, 11) is 1.93. The van der Waals surface area contributed by atoms with Crippen molar-refractivity contribution in [2.75, 3.05) is 20.2 Å². The Morgan fingerprint density at radius 2 is 1.94 bits per heavy atom. The predicted molar refractivity (Wildman–Crippen MR) is 68.2 cm³/mol. The molecule has 90 valence electrons. The van der Waals surface area contributed by atoms with Crippen molar-refractivity contribution in [1.82, 2.24) is 0 Å². The highest BCUT2D eigenvalue weighted by Crippen LogP contribution is 2.20. The number of aliphatic hydroxyl groups is 1. The maximum absolute atomic E-state index is 9.57. The molecule has 0 aliphatic rings. The molecular weight excluding hydrogens is 214 g/mol. The van der Waals surface area contributed by atoms with E-state index in [4.69, 9.17) is 4.74 Å². The first-order valence-corrected chi connectivity index (χ1v) is 5.87. The van der Waals surface area contributed by atoms with E-state index in [-0.39, 0.29) is 0 Å². The molecular formula is C14H18NO2+. The Morgan fingerprint density at radius 3 is 2.71 bits per heavy atom. The lowest BCUT2D eigenvalue weighted by Crippen LogP contribution is -2.82. The summed E-state index contributed by atoms with van der Waals surface area (Å²) in [5.41, 5.74) is 0. The highest BCUT2D eigenvalue weighted by Gasteiger charge is 2.05. The van der Waals surface area contributed by atoms with Crippen LogP contribution in [0.3, 0.4) is 0 Å². The van der Waals surface area contributed by atoms with Gasteiger partial charge in [-0.2, -0.15) is 0 Å². The standard InChI is InChI=1S/C14H17NO2/c1-15-9-13(16)10-17-14-7-6-11-4-2-3-5-12(11)8-14/h2-8,13,15-16H,9-10H2,1H3/p+1/t13-/m0/s1. The van der Waals surface area contributed by atoms with Gasteiger partial charge in [-0.15, -0.1) is 0 Å². The molecule has 2 aromatic carbocycles. The van der Waals surface area contributed by atoms with Gasteiger partial charge in [-0.1, -0.05) is 30.3 Å². The highest BCUT2D eigenvalue weighted by atomic mass is 16.5. The largest absolute Gasteiger partial charge is 0.491 e. The molecule has 0 fully saturated rings. The van der Waals surface area contributed by atoms with Crippen LogP contribution in [0.5, 0.6) is 5.75 Å². The molecule has 0 unspecified atom stereocenters. The fourth-order valence-corrected chi connectivity index (χ4v) is 1.79. The molecule has 0 aromatic heterocycles. The van der Waals surface area contributed by atoms with Crippen molar-refractivity contribution in [1.29, 1.82) is 0 Å². The van der Waals surface area contributed by atoms with Crippen molar-refractivity contribution >= 4 is 10.8 Å². The van der Waals surface area contributed by atoms with Crippen LogP contribution in [-0.2, 0) is 0 Å². The number of benzene rings is 2. The van der Waals surface area contributed by atoms with Gasteiger partial charge in [0.25, 0.3) is 0 Å². The number of ether oxygens (including phenoxy) is 1. The summed E-state index contributed by atoms with van der Waals surface area (Å²) in [6.45, 7) is 0.996. The van der Waals surface area contributed by atoms with Gasteiger partial charge in [0.2, 0.25) is 0 Å². The maximum Gasteiger partial charge on any atom is 0.137 e. The van der Waals surface area contributed by atoms with Gasteiger partial charge in [0, 0.05) is 0 Å². The van der Waals surface area contributed by atoms with Crippen LogP contribution in [0.4, 0.5) is 0 Å². The van der Waals surface area contributed by atoms with Crippen LogP contribution in [-0.4, -0.2) is 31.4 Å². The Bertz CT molecular complexity index is 484. The molecule has 3 N–H and O–H groups in total. The molecule has 1 atom stereocenters. The zero-order valence-corrected chi connectivity index (χ0v) is 9.97. The van der Waals surface area contributed by atoms with Gasteiger partial charge in [0.15, 0.2) is 0 Å². The molecule has 3 nitrogen and oxygen atoms in total. The molecule has 0 saturated heterocycles. The number of nitrogens with two attached hydrogens (primary N) is 1. The van der Waals surface area contributed by atoms with Crippen molar-refractivity contribution in [3.05, 3.63) is 42.5 Å². The summed E-state index contributed by atoms with van der Waals surface area (Å²) in [6, 6.07) is 14.1. The summed E-state index contributed by atoms with van der Waals surface area (Å²) in [4.78, 5) is 0. The minimum Gasteiger partial charge on any atom is -0.491 e. The molecule has 2 aromatic rings. The quantitative estimate of drug-likeness (QED) is 0.800. The topological polar surface area (TPSA) is 46.1 Å². The number of rotatable bonds is 5. The fourth-order valence-electron chi connectivity index (χ4n) is 1.79. The molecule has 0 spiro atoms. The third-order valence-electron chi connectivity index (χ3n) is 2.67. The Balaban J connectivity index is 2.04. The monoisotopic (exact) mass is 232 g/mol. The second-order valence-corrected chi connectivity index (χ2v) is 4.12. The van der Waals surface area contributed by atoms with Crippen LogP contribution in [0, 0.1) is 0 Å². The van der Waals surface area contributed by atoms with Crippen molar-refractivity contribution in [3.63, 3.8) is 0 Å².